The number of carbonyl (C=O) groups excluding carboxylic acids is 1. The molecule has 0 bridgehead atoms. The molecule has 0 atom stereocenters. The molecule has 0 unspecified atom stereocenters. The van der Waals surface area contributed by atoms with Crippen LogP contribution in [0.5, 0.6) is 0 Å². The highest BCUT2D eigenvalue weighted by molar-refractivity contribution is 6.57. The summed E-state index contributed by atoms with van der Waals surface area (Å²) in [6.45, 7) is 1.38. The van der Waals surface area contributed by atoms with Crippen molar-refractivity contribution in [3.63, 3.8) is 0 Å². The molecule has 1 aromatic carbocycles. The fraction of sp³-hybridized carbons (Fsp3) is 0.375. The number of amides is 1. The fourth-order valence-electron chi connectivity index (χ4n) is 4.85. The lowest BCUT2D eigenvalue weighted by Crippen LogP contribution is -2.38. The van der Waals surface area contributed by atoms with Gasteiger partial charge in [0.05, 0.1) is 29.0 Å². The van der Waals surface area contributed by atoms with Crippen molar-refractivity contribution in [2.45, 2.75) is 32.2 Å². The van der Waals surface area contributed by atoms with Crippen molar-refractivity contribution in [2.75, 3.05) is 19.8 Å². The predicted octanol–water partition coefficient (Wildman–Crippen LogP) is 2.03. The highest BCUT2D eigenvalue weighted by Gasteiger charge is 2.28. The van der Waals surface area contributed by atoms with E-state index in [-0.39, 0.29) is 11.5 Å². The van der Waals surface area contributed by atoms with Gasteiger partial charge in [0, 0.05) is 30.6 Å². The van der Waals surface area contributed by atoms with Gasteiger partial charge in [-0.05, 0) is 61.4 Å². The molecule has 1 saturated carbocycles. The quantitative estimate of drug-likeness (QED) is 0.365. The number of alkyl halides is 1. The fourth-order valence-corrected chi connectivity index (χ4v) is 4.85. The first kappa shape index (κ1) is 21.3. The van der Waals surface area contributed by atoms with E-state index in [1.165, 1.54) is 0 Å². The number of fused-ring (bicyclic) bond motifs is 3. The monoisotopic (exact) mass is 461 g/mol. The molecular weight excluding hydrogens is 436 g/mol. The maximum atomic E-state index is 12.9. The van der Waals surface area contributed by atoms with Gasteiger partial charge in [-0.1, -0.05) is 6.07 Å². The maximum Gasteiger partial charge on any atom is 0.508 e. The Morgan fingerprint density at radius 3 is 2.79 bits per heavy atom. The Morgan fingerprint density at radius 1 is 1.18 bits per heavy atom. The molecule has 1 aliphatic heterocycles. The van der Waals surface area contributed by atoms with E-state index in [2.05, 4.69) is 14.5 Å². The lowest BCUT2D eigenvalue weighted by molar-refractivity contribution is 0.0735. The zero-order valence-corrected chi connectivity index (χ0v) is 18.7. The lowest BCUT2D eigenvalue weighted by Gasteiger charge is -2.28. The number of rotatable bonds is 7. The van der Waals surface area contributed by atoms with Gasteiger partial charge >= 0.3 is 7.12 Å². The summed E-state index contributed by atoms with van der Waals surface area (Å²) < 4.78 is 14.7. The van der Waals surface area contributed by atoms with E-state index in [0.29, 0.717) is 48.0 Å². The first-order valence-corrected chi connectivity index (χ1v) is 11.8. The number of aromatic amines is 1. The van der Waals surface area contributed by atoms with E-state index in [0.717, 1.165) is 48.0 Å². The van der Waals surface area contributed by atoms with Crippen molar-refractivity contribution >= 4 is 40.7 Å². The van der Waals surface area contributed by atoms with Crippen LogP contribution in [0.25, 0.3) is 33.6 Å². The summed E-state index contributed by atoms with van der Waals surface area (Å²) >= 11 is 0. The SMILES string of the molecule is O=C1c2cc3nc(-c4cc5ccc(B(O)O)nc5n4CC4CC4)[nH]c3cc2CCN1CCCF. The number of nitrogens with zero attached hydrogens (tertiary/aromatic N) is 4. The molecule has 3 aromatic heterocycles. The normalized spacial score (nSPS) is 16.0. The summed E-state index contributed by atoms with van der Waals surface area (Å²) in [6.07, 6.45) is 3.41. The zero-order chi connectivity index (χ0) is 23.4. The molecule has 6 rings (SSSR count). The van der Waals surface area contributed by atoms with Gasteiger partial charge in [0.2, 0.25) is 0 Å². The van der Waals surface area contributed by atoms with Crippen LogP contribution in [-0.4, -0.2) is 67.3 Å². The van der Waals surface area contributed by atoms with E-state index < -0.39 is 13.8 Å². The molecule has 2 aliphatic rings. The molecule has 0 radical (unpaired) electrons. The highest BCUT2D eigenvalue weighted by atomic mass is 19.1. The molecule has 3 N–H and O–H groups in total. The van der Waals surface area contributed by atoms with Gasteiger partial charge in [-0.3, -0.25) is 9.18 Å². The number of halogens is 1. The number of nitrogens with one attached hydrogen (secondary N) is 1. The average molecular weight is 461 g/mol. The lowest BCUT2D eigenvalue weighted by atomic mass is 9.85. The maximum absolute atomic E-state index is 12.9. The van der Waals surface area contributed by atoms with Crippen molar-refractivity contribution in [1.82, 2.24) is 24.4 Å². The largest absolute Gasteiger partial charge is 0.508 e. The highest BCUT2D eigenvalue weighted by Crippen LogP contribution is 2.35. The molecule has 0 spiro atoms. The number of imidazole rings is 1. The van der Waals surface area contributed by atoms with Gasteiger partial charge < -0.3 is 24.5 Å². The molecule has 4 aromatic rings. The molecule has 1 amide bonds. The molecule has 1 aliphatic carbocycles. The Balaban J connectivity index is 1.43. The van der Waals surface area contributed by atoms with Crippen LogP contribution in [-0.2, 0) is 13.0 Å². The Bertz CT molecular complexity index is 1410. The van der Waals surface area contributed by atoms with E-state index in [4.69, 9.17) is 4.98 Å². The van der Waals surface area contributed by atoms with Crippen molar-refractivity contribution < 1.29 is 19.2 Å². The summed E-state index contributed by atoms with van der Waals surface area (Å²) in [4.78, 5) is 27.4. The summed E-state index contributed by atoms with van der Waals surface area (Å²) in [7, 11) is -1.63. The van der Waals surface area contributed by atoms with E-state index in [9.17, 15) is 19.2 Å². The Kier molecular flexibility index (Phi) is 5.15. The number of aromatic nitrogens is 4. The van der Waals surface area contributed by atoms with E-state index >= 15 is 0 Å². The standard InChI is InChI=1S/C24H25BFN5O3/c26-7-1-8-30-9-6-15-10-18-19(12-17(15)24(30)32)28-22(27-18)20-11-16-4-5-21(25(33)34)29-23(16)31(20)13-14-2-3-14/h4-5,10-12,14,33-34H,1-3,6-9,13H2,(H,27,28). The van der Waals surface area contributed by atoms with Crippen LogP contribution in [0.3, 0.4) is 0 Å². The molecule has 34 heavy (non-hydrogen) atoms. The summed E-state index contributed by atoms with van der Waals surface area (Å²) in [6, 6.07) is 9.31. The van der Waals surface area contributed by atoms with Crippen LogP contribution >= 0.6 is 0 Å². The average Bonchev–Trinajstić information content (AvgIpc) is 3.44. The smallest absolute Gasteiger partial charge is 0.422 e. The number of hydrogen-bond donors (Lipinski definition) is 3. The molecule has 10 heteroatoms. The predicted molar refractivity (Wildman–Crippen MR) is 128 cm³/mol. The van der Waals surface area contributed by atoms with Crippen molar-refractivity contribution in [3.05, 3.63) is 41.5 Å². The van der Waals surface area contributed by atoms with Crippen molar-refractivity contribution in [3.8, 4) is 11.5 Å². The van der Waals surface area contributed by atoms with Crippen LogP contribution in [0.15, 0.2) is 30.3 Å². The Morgan fingerprint density at radius 2 is 2.03 bits per heavy atom. The topological polar surface area (TPSA) is 107 Å². The molecule has 4 heterocycles. The Hall–Kier alpha value is -3.24. The number of pyridine rings is 1. The van der Waals surface area contributed by atoms with Crippen LogP contribution in [0.1, 0.15) is 35.2 Å². The second kappa shape index (κ2) is 8.21. The molecule has 1 fully saturated rings. The third-order valence-electron chi connectivity index (χ3n) is 6.85. The Labute approximate surface area is 195 Å². The second-order valence-corrected chi connectivity index (χ2v) is 9.30. The van der Waals surface area contributed by atoms with Gasteiger partial charge in [-0.15, -0.1) is 0 Å². The first-order valence-electron chi connectivity index (χ1n) is 11.8. The minimum absolute atomic E-state index is 0.0664. The number of carbonyl (C=O) groups is 1. The van der Waals surface area contributed by atoms with Crippen molar-refractivity contribution in [1.29, 1.82) is 0 Å². The third kappa shape index (κ3) is 3.67. The van der Waals surface area contributed by atoms with Gasteiger partial charge in [0.1, 0.15) is 5.65 Å². The number of H-pyrrole nitrogens is 1. The van der Waals surface area contributed by atoms with Crippen LogP contribution in [0, 0.1) is 5.92 Å². The summed E-state index contributed by atoms with van der Waals surface area (Å²) in [5.74, 6) is 1.19. The molecule has 8 nitrogen and oxygen atoms in total. The third-order valence-corrected chi connectivity index (χ3v) is 6.85. The van der Waals surface area contributed by atoms with Gasteiger partial charge in [0.15, 0.2) is 5.82 Å². The van der Waals surface area contributed by atoms with Gasteiger partial charge in [-0.2, -0.15) is 0 Å². The van der Waals surface area contributed by atoms with E-state index in [1.54, 1.807) is 11.0 Å². The van der Waals surface area contributed by atoms with E-state index in [1.807, 2.05) is 24.3 Å². The van der Waals surface area contributed by atoms with Gasteiger partial charge in [0.25, 0.3) is 5.91 Å². The van der Waals surface area contributed by atoms with Crippen LogP contribution in [0.4, 0.5) is 4.39 Å². The second-order valence-electron chi connectivity index (χ2n) is 9.30. The first-order chi connectivity index (χ1) is 16.5. The number of benzene rings is 1. The van der Waals surface area contributed by atoms with Gasteiger partial charge in [-0.25, -0.2) is 9.97 Å². The molecule has 0 saturated heterocycles. The molecule has 174 valence electrons. The van der Waals surface area contributed by atoms with Crippen molar-refractivity contribution in [2.24, 2.45) is 5.92 Å². The minimum atomic E-state index is -1.63. The summed E-state index contributed by atoms with van der Waals surface area (Å²) in [5, 5.41) is 20.1. The molecular formula is C24H25BFN5O3. The van der Waals surface area contributed by atoms with Crippen LogP contribution in [0.2, 0.25) is 0 Å². The number of hydrogen-bond acceptors (Lipinski definition) is 5. The van der Waals surface area contributed by atoms with Crippen LogP contribution < -0.4 is 5.59 Å². The summed E-state index contributed by atoms with van der Waals surface area (Å²) in [5.41, 5.74) is 4.97. The zero-order valence-electron chi connectivity index (χ0n) is 18.7. The minimum Gasteiger partial charge on any atom is -0.422 e.